The van der Waals surface area contributed by atoms with E-state index in [0.29, 0.717) is 0 Å². The summed E-state index contributed by atoms with van der Waals surface area (Å²) >= 11 is 0. The normalized spacial score (nSPS) is 10.9. The summed E-state index contributed by atoms with van der Waals surface area (Å²) in [6, 6.07) is 8.07. The van der Waals surface area contributed by atoms with E-state index in [0.717, 1.165) is 56.0 Å². The third kappa shape index (κ3) is 4.56. The predicted octanol–water partition coefficient (Wildman–Crippen LogP) is 2.68. The largest absolute Gasteiger partial charge is 0.493 e. The molecule has 0 aliphatic carbocycles. The van der Waals surface area contributed by atoms with Crippen molar-refractivity contribution in [3.05, 3.63) is 41.2 Å². The lowest BCUT2D eigenvalue weighted by Gasteiger charge is -2.09. The van der Waals surface area contributed by atoms with E-state index in [9.17, 15) is 0 Å². The van der Waals surface area contributed by atoms with Gasteiger partial charge in [0.05, 0.1) is 18.0 Å². The minimum atomic E-state index is 0.197. The second-order valence-electron chi connectivity index (χ2n) is 5.49. The van der Waals surface area contributed by atoms with E-state index in [-0.39, 0.29) is 6.61 Å². The molecule has 1 N–H and O–H groups in total. The standard InChI is InChI=1S/C17H25N3O2/c1-14-8-3-4-10-17(14)22-13-6-5-11-20-15(2)16(18-19-20)9-7-12-21/h3-4,8,10,21H,5-7,9,11-13H2,1-2H3. The van der Waals surface area contributed by atoms with Gasteiger partial charge in [0.1, 0.15) is 5.75 Å². The van der Waals surface area contributed by atoms with Crippen molar-refractivity contribution in [2.45, 2.75) is 46.1 Å². The molecular formula is C17H25N3O2. The molecule has 5 heteroatoms. The SMILES string of the molecule is Cc1ccccc1OCCCCn1nnc(CCCO)c1C. The Morgan fingerprint density at radius 2 is 1.95 bits per heavy atom. The number of nitrogens with zero attached hydrogens (tertiary/aromatic N) is 3. The van der Waals surface area contributed by atoms with E-state index in [4.69, 9.17) is 9.84 Å². The summed E-state index contributed by atoms with van der Waals surface area (Å²) in [5, 5.41) is 17.2. The van der Waals surface area contributed by atoms with Gasteiger partial charge in [-0.2, -0.15) is 0 Å². The van der Waals surface area contributed by atoms with E-state index in [2.05, 4.69) is 23.3 Å². The summed E-state index contributed by atoms with van der Waals surface area (Å²) in [6.45, 7) is 5.87. The zero-order chi connectivity index (χ0) is 15.8. The molecule has 0 saturated heterocycles. The van der Waals surface area contributed by atoms with Gasteiger partial charge in [-0.05, 0) is 51.2 Å². The van der Waals surface area contributed by atoms with Crippen molar-refractivity contribution in [3.8, 4) is 5.75 Å². The Balaban J connectivity index is 1.71. The molecule has 1 aromatic heterocycles. The Bertz CT molecular complexity index is 581. The molecular weight excluding hydrogens is 278 g/mol. The lowest BCUT2D eigenvalue weighted by Crippen LogP contribution is -2.06. The first-order chi connectivity index (χ1) is 10.7. The number of aromatic nitrogens is 3. The van der Waals surface area contributed by atoms with Gasteiger partial charge >= 0.3 is 0 Å². The maximum absolute atomic E-state index is 8.87. The van der Waals surface area contributed by atoms with Crippen LogP contribution >= 0.6 is 0 Å². The highest BCUT2D eigenvalue weighted by Crippen LogP contribution is 2.16. The number of unbranched alkanes of at least 4 members (excludes halogenated alkanes) is 1. The maximum atomic E-state index is 8.87. The lowest BCUT2D eigenvalue weighted by molar-refractivity contribution is 0.288. The molecule has 0 fully saturated rings. The zero-order valence-corrected chi connectivity index (χ0v) is 13.5. The molecule has 2 aromatic rings. The second kappa shape index (κ2) is 8.54. The smallest absolute Gasteiger partial charge is 0.122 e. The van der Waals surface area contributed by atoms with Gasteiger partial charge in [0.15, 0.2) is 0 Å². The molecule has 0 aliphatic heterocycles. The highest BCUT2D eigenvalue weighted by molar-refractivity contribution is 5.31. The number of hydrogen-bond acceptors (Lipinski definition) is 4. The fourth-order valence-corrected chi connectivity index (χ4v) is 2.35. The van der Waals surface area contributed by atoms with Crippen molar-refractivity contribution < 1.29 is 9.84 Å². The van der Waals surface area contributed by atoms with Crippen molar-refractivity contribution >= 4 is 0 Å². The van der Waals surface area contributed by atoms with Gasteiger partial charge in [-0.3, -0.25) is 0 Å². The molecule has 0 aliphatic rings. The topological polar surface area (TPSA) is 60.2 Å². The predicted molar refractivity (Wildman–Crippen MR) is 86.1 cm³/mol. The summed E-state index contributed by atoms with van der Waals surface area (Å²) in [5.41, 5.74) is 3.27. The van der Waals surface area contributed by atoms with Crippen LogP contribution in [0.5, 0.6) is 5.75 Å². The summed E-state index contributed by atoms with van der Waals surface area (Å²) in [5.74, 6) is 0.964. The molecule has 0 radical (unpaired) electrons. The minimum Gasteiger partial charge on any atom is -0.493 e. The quantitative estimate of drug-likeness (QED) is 0.724. The molecule has 0 atom stereocenters. The molecule has 5 nitrogen and oxygen atoms in total. The highest BCUT2D eigenvalue weighted by atomic mass is 16.5. The van der Waals surface area contributed by atoms with Crippen molar-refractivity contribution in [1.82, 2.24) is 15.0 Å². The number of aryl methyl sites for hydroxylation is 3. The number of hydrogen-bond donors (Lipinski definition) is 1. The van der Waals surface area contributed by atoms with Crippen LogP contribution in [0, 0.1) is 13.8 Å². The second-order valence-corrected chi connectivity index (χ2v) is 5.49. The summed E-state index contributed by atoms with van der Waals surface area (Å²) < 4.78 is 7.74. The molecule has 1 heterocycles. The van der Waals surface area contributed by atoms with E-state index in [1.165, 1.54) is 5.56 Å². The zero-order valence-electron chi connectivity index (χ0n) is 13.5. The summed E-state index contributed by atoms with van der Waals surface area (Å²) in [7, 11) is 0. The molecule has 0 bridgehead atoms. The molecule has 120 valence electrons. The van der Waals surface area contributed by atoms with Crippen LogP contribution in [0.1, 0.15) is 36.2 Å². The molecule has 2 rings (SSSR count). The molecule has 0 saturated carbocycles. The fourth-order valence-electron chi connectivity index (χ4n) is 2.35. The number of para-hydroxylation sites is 1. The molecule has 22 heavy (non-hydrogen) atoms. The maximum Gasteiger partial charge on any atom is 0.122 e. The first-order valence-electron chi connectivity index (χ1n) is 7.90. The third-order valence-electron chi connectivity index (χ3n) is 3.77. The first-order valence-corrected chi connectivity index (χ1v) is 7.90. The van der Waals surface area contributed by atoms with Crippen molar-refractivity contribution in [2.75, 3.05) is 13.2 Å². The van der Waals surface area contributed by atoms with Crippen LogP contribution in [0.3, 0.4) is 0 Å². The van der Waals surface area contributed by atoms with Gasteiger partial charge in [-0.1, -0.05) is 23.4 Å². The van der Waals surface area contributed by atoms with Gasteiger partial charge in [0.2, 0.25) is 0 Å². The molecule has 1 aromatic carbocycles. The van der Waals surface area contributed by atoms with Crippen molar-refractivity contribution in [3.63, 3.8) is 0 Å². The number of ether oxygens (including phenoxy) is 1. The average Bonchev–Trinajstić information content (AvgIpc) is 2.87. The Morgan fingerprint density at radius 1 is 1.14 bits per heavy atom. The lowest BCUT2D eigenvalue weighted by atomic mass is 10.2. The Hall–Kier alpha value is -1.88. The van der Waals surface area contributed by atoms with E-state index in [1.807, 2.05) is 29.8 Å². The monoisotopic (exact) mass is 303 g/mol. The van der Waals surface area contributed by atoms with Gasteiger partial charge in [0, 0.05) is 13.2 Å². The Kier molecular flexibility index (Phi) is 6.40. The number of aliphatic hydroxyl groups excluding tert-OH is 1. The van der Waals surface area contributed by atoms with Crippen LogP contribution < -0.4 is 4.74 Å². The third-order valence-corrected chi connectivity index (χ3v) is 3.77. The van der Waals surface area contributed by atoms with Crippen LogP contribution in [0.25, 0.3) is 0 Å². The Morgan fingerprint density at radius 3 is 2.73 bits per heavy atom. The fraction of sp³-hybridized carbons (Fsp3) is 0.529. The minimum absolute atomic E-state index is 0.197. The van der Waals surface area contributed by atoms with Crippen molar-refractivity contribution in [2.24, 2.45) is 0 Å². The van der Waals surface area contributed by atoms with E-state index >= 15 is 0 Å². The van der Waals surface area contributed by atoms with Crippen LogP contribution in [-0.4, -0.2) is 33.3 Å². The van der Waals surface area contributed by atoms with Crippen molar-refractivity contribution in [1.29, 1.82) is 0 Å². The van der Waals surface area contributed by atoms with E-state index < -0.39 is 0 Å². The molecule has 0 spiro atoms. The van der Waals surface area contributed by atoms with Crippen LogP contribution in [0.15, 0.2) is 24.3 Å². The van der Waals surface area contributed by atoms with Gasteiger partial charge in [-0.15, -0.1) is 5.10 Å². The summed E-state index contributed by atoms with van der Waals surface area (Å²) in [4.78, 5) is 0. The number of aliphatic hydroxyl groups is 1. The number of rotatable bonds is 9. The van der Waals surface area contributed by atoms with Gasteiger partial charge in [-0.25, -0.2) is 4.68 Å². The van der Waals surface area contributed by atoms with E-state index in [1.54, 1.807) is 0 Å². The van der Waals surface area contributed by atoms with Crippen LogP contribution in [0.4, 0.5) is 0 Å². The average molecular weight is 303 g/mol. The van der Waals surface area contributed by atoms with Crippen LogP contribution in [-0.2, 0) is 13.0 Å². The number of benzene rings is 1. The summed E-state index contributed by atoms with van der Waals surface area (Å²) in [6.07, 6.45) is 3.53. The van der Waals surface area contributed by atoms with Gasteiger partial charge in [0.25, 0.3) is 0 Å². The highest BCUT2D eigenvalue weighted by Gasteiger charge is 2.07. The molecule has 0 unspecified atom stereocenters. The Labute approximate surface area is 131 Å². The van der Waals surface area contributed by atoms with Gasteiger partial charge < -0.3 is 9.84 Å². The van der Waals surface area contributed by atoms with Crippen LogP contribution in [0.2, 0.25) is 0 Å². The first kappa shape index (κ1) is 16.5. The molecule has 0 amide bonds.